The Morgan fingerprint density at radius 3 is 1.00 bits per heavy atom. The summed E-state index contributed by atoms with van der Waals surface area (Å²) in [6.07, 6.45) is -3.72. The number of ether oxygens (including phenoxy) is 2. The summed E-state index contributed by atoms with van der Waals surface area (Å²) in [5, 5.41) is 81.9. The van der Waals surface area contributed by atoms with Crippen LogP contribution < -0.4 is 0 Å². The van der Waals surface area contributed by atoms with E-state index in [2.05, 4.69) is 0 Å². The lowest BCUT2D eigenvalue weighted by atomic mass is 9.56. The maximum atomic E-state index is 14.1. The fourth-order valence-electron chi connectivity index (χ4n) is 6.75. The largest absolute Gasteiger partial charge is 0.365 e. The van der Waals surface area contributed by atoms with E-state index < -0.39 is 58.3 Å². The van der Waals surface area contributed by atoms with Crippen LogP contribution in [-0.4, -0.2) is 13.2 Å². The molecule has 0 saturated carbocycles. The number of hydrogen-bond donors (Lipinski definition) is 0. The predicted octanol–water partition coefficient (Wildman–Crippen LogP) is 6.11. The van der Waals surface area contributed by atoms with Crippen molar-refractivity contribution in [2.45, 2.75) is 37.9 Å². The molecule has 1 aliphatic heterocycles. The van der Waals surface area contributed by atoms with Crippen molar-refractivity contribution in [3.63, 3.8) is 0 Å². The zero-order valence-electron chi connectivity index (χ0n) is 25.2. The van der Waals surface area contributed by atoms with Gasteiger partial charge in [0.25, 0.3) is 0 Å². The van der Waals surface area contributed by atoms with Crippen LogP contribution in [0.25, 0.3) is 0 Å². The SMILES string of the molecule is N#CC1(C#N)CC2=C(CC1(C#N)C#N)C(c1ccc(F)cc1)OCC1=C(CC(C#N)(C#N)C(C#N)(C#N)C1)C(c1ccc(F)cc1)OC2. The van der Waals surface area contributed by atoms with Crippen LogP contribution >= 0.6 is 0 Å². The first-order valence-electron chi connectivity index (χ1n) is 14.5. The maximum Gasteiger partial charge on any atom is 0.179 e. The average molecular weight is 637 g/mol. The van der Waals surface area contributed by atoms with Gasteiger partial charge in [0.05, 0.1) is 61.8 Å². The molecule has 12 heteroatoms. The Hall–Kier alpha value is -6.38. The molecule has 2 aromatic rings. The van der Waals surface area contributed by atoms with Gasteiger partial charge >= 0.3 is 0 Å². The lowest BCUT2D eigenvalue weighted by Crippen LogP contribution is -2.45. The van der Waals surface area contributed by atoms with Gasteiger partial charge in [0.2, 0.25) is 0 Å². The van der Waals surface area contributed by atoms with Crippen LogP contribution in [0.1, 0.15) is 49.0 Å². The first kappa shape index (κ1) is 33.0. The molecular weight excluding hydrogens is 614 g/mol. The summed E-state index contributed by atoms with van der Waals surface area (Å²) in [7, 11) is 0. The van der Waals surface area contributed by atoms with Crippen LogP contribution in [0.2, 0.25) is 0 Å². The molecule has 2 unspecified atom stereocenters. The van der Waals surface area contributed by atoms with E-state index in [1.165, 1.54) is 48.5 Å². The van der Waals surface area contributed by atoms with E-state index in [0.29, 0.717) is 33.4 Å². The Kier molecular flexibility index (Phi) is 8.55. The zero-order chi connectivity index (χ0) is 34.7. The van der Waals surface area contributed by atoms with Crippen LogP contribution in [0, 0.1) is 124 Å². The summed E-state index contributed by atoms with van der Waals surface area (Å²) in [5.74, 6) is -1.10. The summed E-state index contributed by atoms with van der Waals surface area (Å²) in [4.78, 5) is 0. The molecular formula is C36H22F2N8O2. The maximum absolute atomic E-state index is 14.1. The fraction of sp³-hybridized carbons (Fsp3) is 0.333. The Labute approximate surface area is 275 Å². The average Bonchev–Trinajstić information content (AvgIpc) is 3.13. The van der Waals surface area contributed by atoms with Gasteiger partial charge in [-0.2, -0.15) is 42.1 Å². The lowest BCUT2D eigenvalue weighted by molar-refractivity contribution is 0.0454. The van der Waals surface area contributed by atoms with Gasteiger partial charge in [0.1, 0.15) is 23.8 Å². The third-order valence-electron chi connectivity index (χ3n) is 9.59. The molecule has 0 radical (unpaired) electrons. The van der Waals surface area contributed by atoms with Crippen LogP contribution in [0.3, 0.4) is 0 Å². The van der Waals surface area contributed by atoms with Crippen molar-refractivity contribution in [3.05, 3.63) is 93.6 Å². The van der Waals surface area contributed by atoms with Gasteiger partial charge in [0.15, 0.2) is 21.7 Å². The smallest absolute Gasteiger partial charge is 0.179 e. The minimum atomic E-state index is -2.12. The molecule has 2 aromatic carbocycles. The van der Waals surface area contributed by atoms with Crippen molar-refractivity contribution in [1.29, 1.82) is 42.1 Å². The van der Waals surface area contributed by atoms with Gasteiger partial charge in [-0.1, -0.05) is 24.3 Å². The second-order valence-corrected chi connectivity index (χ2v) is 12.0. The van der Waals surface area contributed by atoms with Gasteiger partial charge in [-0.3, -0.25) is 0 Å². The summed E-state index contributed by atoms with van der Waals surface area (Å²) in [6, 6.07) is 25.7. The van der Waals surface area contributed by atoms with Gasteiger partial charge < -0.3 is 9.47 Å². The molecule has 0 spiro atoms. The third kappa shape index (κ3) is 4.92. The first-order valence-corrected chi connectivity index (χ1v) is 14.5. The summed E-state index contributed by atoms with van der Waals surface area (Å²) < 4.78 is 41.1. The van der Waals surface area contributed by atoms with Crippen LogP contribution in [0.15, 0.2) is 70.8 Å². The van der Waals surface area contributed by atoms with E-state index in [1.807, 2.05) is 48.6 Å². The normalized spacial score (nSPS) is 23.3. The van der Waals surface area contributed by atoms with E-state index in [4.69, 9.17) is 9.47 Å². The molecule has 1 heterocycles. The lowest BCUT2D eigenvalue weighted by Gasteiger charge is -2.43. The van der Waals surface area contributed by atoms with E-state index in [-0.39, 0.29) is 26.1 Å². The molecule has 3 aliphatic rings. The Morgan fingerprint density at radius 2 is 0.729 bits per heavy atom. The van der Waals surface area contributed by atoms with Crippen LogP contribution in [0.5, 0.6) is 0 Å². The van der Waals surface area contributed by atoms with Gasteiger partial charge in [0, 0.05) is 25.7 Å². The minimum Gasteiger partial charge on any atom is -0.365 e. The van der Waals surface area contributed by atoms with E-state index in [9.17, 15) is 50.9 Å². The highest BCUT2D eigenvalue weighted by molar-refractivity contribution is 5.48. The number of hydrogen-bond acceptors (Lipinski definition) is 10. The minimum absolute atomic E-state index is 0.305. The monoisotopic (exact) mass is 636 g/mol. The molecule has 0 N–H and O–H groups in total. The molecule has 0 saturated heterocycles. The van der Waals surface area contributed by atoms with Crippen molar-refractivity contribution in [2.75, 3.05) is 13.2 Å². The summed E-state index contributed by atoms with van der Waals surface area (Å²) in [6.45, 7) is -0.609. The van der Waals surface area contributed by atoms with Crippen molar-refractivity contribution >= 4 is 0 Å². The molecule has 2 atom stereocenters. The third-order valence-corrected chi connectivity index (χ3v) is 9.59. The molecule has 0 amide bonds. The second kappa shape index (κ2) is 12.4. The molecule has 0 fully saturated rings. The first-order chi connectivity index (χ1) is 23.1. The topological polar surface area (TPSA) is 209 Å². The van der Waals surface area contributed by atoms with Gasteiger partial charge in [-0.05, 0) is 57.7 Å². The molecule has 0 aromatic heterocycles. The Morgan fingerprint density at radius 1 is 0.458 bits per heavy atom. The summed E-state index contributed by atoms with van der Waals surface area (Å²) >= 11 is 0. The van der Waals surface area contributed by atoms with Gasteiger partial charge in [-0.25, -0.2) is 8.78 Å². The van der Waals surface area contributed by atoms with Crippen LogP contribution in [0.4, 0.5) is 8.78 Å². The van der Waals surface area contributed by atoms with Crippen LogP contribution in [-0.2, 0) is 9.47 Å². The number of rotatable bonds is 2. The second-order valence-electron chi connectivity index (χ2n) is 12.0. The standard InChI is InChI=1S/C36H22F2N8O2/c37-27-5-1-23(2-6-27)31-29-11-35(19-43,20-44)33(15-39,16-40)9-25(29)14-48-32(24-3-7-28(38)8-4-24)30-12-36(21-45,22-46)34(17-41,18-42)10-26(30)13-47-31/h1-8,31-32H,9-14H2. The zero-order valence-corrected chi connectivity index (χ0v) is 25.2. The summed E-state index contributed by atoms with van der Waals surface area (Å²) in [5.41, 5.74) is -6.24. The Balaban J connectivity index is 1.78. The molecule has 232 valence electrons. The number of nitriles is 8. The highest BCUT2D eigenvalue weighted by Gasteiger charge is 2.61. The quantitative estimate of drug-likeness (QED) is 0.345. The fourth-order valence-corrected chi connectivity index (χ4v) is 6.75. The van der Waals surface area contributed by atoms with Crippen molar-refractivity contribution in [2.24, 2.45) is 21.7 Å². The molecule has 48 heavy (non-hydrogen) atoms. The van der Waals surface area contributed by atoms with Crippen molar-refractivity contribution < 1.29 is 18.3 Å². The molecule has 10 nitrogen and oxygen atoms in total. The Bertz CT molecular complexity index is 1870. The van der Waals surface area contributed by atoms with E-state index >= 15 is 0 Å². The van der Waals surface area contributed by atoms with E-state index in [0.717, 1.165) is 0 Å². The molecule has 5 rings (SSSR count). The predicted molar refractivity (Wildman–Crippen MR) is 157 cm³/mol. The van der Waals surface area contributed by atoms with Gasteiger partial charge in [-0.15, -0.1) is 0 Å². The number of halogens is 2. The highest BCUT2D eigenvalue weighted by atomic mass is 19.1. The molecule has 2 aliphatic carbocycles. The number of nitrogens with zero attached hydrogens (tertiary/aromatic N) is 8. The molecule has 0 bridgehead atoms. The van der Waals surface area contributed by atoms with Crippen molar-refractivity contribution in [3.8, 4) is 48.6 Å². The highest BCUT2D eigenvalue weighted by Crippen LogP contribution is 2.57. The van der Waals surface area contributed by atoms with Crippen molar-refractivity contribution in [1.82, 2.24) is 0 Å². The number of benzene rings is 2. The van der Waals surface area contributed by atoms with E-state index in [1.54, 1.807) is 0 Å².